The molecule has 0 unspecified atom stereocenters. The number of rotatable bonds is 27. The third kappa shape index (κ3) is 39.4. The Morgan fingerprint density at radius 3 is 1.42 bits per heavy atom. The van der Waals surface area contributed by atoms with Gasteiger partial charge in [0.05, 0.1) is 33.0 Å². The van der Waals surface area contributed by atoms with E-state index in [1.165, 1.54) is 51.4 Å². The molecule has 0 atom stereocenters. The van der Waals surface area contributed by atoms with Gasteiger partial charge >= 0.3 is 0 Å². The van der Waals surface area contributed by atoms with Crippen LogP contribution in [0, 0.1) is 0 Å². The smallest absolute Gasteiger partial charge is 0.237 e. The van der Waals surface area contributed by atoms with Crippen molar-refractivity contribution in [2.24, 2.45) is 0 Å². The van der Waals surface area contributed by atoms with Crippen LogP contribution in [0.4, 0.5) is 0 Å². The third-order valence-corrected chi connectivity index (χ3v) is 5.44. The van der Waals surface area contributed by atoms with E-state index in [1.807, 2.05) is 27.8 Å². The van der Waals surface area contributed by atoms with Crippen molar-refractivity contribution in [2.75, 3.05) is 60.0 Å². The van der Waals surface area contributed by atoms with Crippen molar-refractivity contribution in [1.29, 1.82) is 0 Å². The molecule has 0 saturated carbocycles. The van der Waals surface area contributed by atoms with Gasteiger partial charge in [-0.2, -0.15) is 0 Å². The quantitative estimate of drug-likeness (QED) is 0.0574. The molecule has 0 radical (unpaired) electrons. The van der Waals surface area contributed by atoms with E-state index in [2.05, 4.69) is 20.1 Å². The van der Waals surface area contributed by atoms with Crippen molar-refractivity contribution in [3.63, 3.8) is 0 Å². The molecule has 0 bridgehead atoms. The molecule has 0 saturated heterocycles. The highest BCUT2D eigenvalue weighted by Crippen LogP contribution is 2.09. The minimum Gasteiger partial charge on any atom is -0.409 e. The molecule has 33 heavy (non-hydrogen) atoms. The Labute approximate surface area is 205 Å². The van der Waals surface area contributed by atoms with Gasteiger partial charge in [-0.05, 0) is 66.5 Å². The first-order chi connectivity index (χ1) is 16.3. The molecule has 0 rings (SSSR count). The van der Waals surface area contributed by atoms with Gasteiger partial charge in [-0.3, -0.25) is 4.98 Å². The second-order valence-electron chi connectivity index (χ2n) is 7.42. The average molecular weight is 499 g/mol. The molecule has 0 aromatic carbocycles. The molecule has 9 nitrogen and oxygen atoms in total. The van der Waals surface area contributed by atoms with Crippen LogP contribution in [0.1, 0.15) is 91.4 Å². The summed E-state index contributed by atoms with van der Waals surface area (Å²) in [7, 11) is 1.35. The molecule has 0 heterocycles. The molecule has 10 heteroatoms. The van der Waals surface area contributed by atoms with Crippen LogP contribution < -0.4 is 10.3 Å². The van der Waals surface area contributed by atoms with E-state index in [0.29, 0.717) is 33.2 Å². The van der Waals surface area contributed by atoms with Crippen molar-refractivity contribution in [3.05, 3.63) is 0 Å². The monoisotopic (exact) mass is 498 g/mol. The Bertz CT molecular complexity index is 295. The zero-order chi connectivity index (χ0) is 24.5. The topological polar surface area (TPSA) is 88.7 Å². The lowest BCUT2D eigenvalue weighted by Gasteiger charge is -2.06. The summed E-state index contributed by atoms with van der Waals surface area (Å²) in [6.45, 7) is 11.4. The van der Waals surface area contributed by atoms with Crippen molar-refractivity contribution in [3.8, 4) is 0 Å². The van der Waals surface area contributed by atoms with Crippen LogP contribution in [0.25, 0.3) is 0 Å². The minimum atomic E-state index is -0.630. The first-order valence-corrected chi connectivity index (χ1v) is 14.3. The van der Waals surface area contributed by atoms with Crippen molar-refractivity contribution < 1.29 is 33.8 Å². The summed E-state index contributed by atoms with van der Waals surface area (Å²) in [5.41, 5.74) is 0. The summed E-state index contributed by atoms with van der Waals surface area (Å²) >= 11 is 0. The van der Waals surface area contributed by atoms with Gasteiger partial charge in [0.1, 0.15) is 6.73 Å². The fourth-order valence-corrected chi connectivity index (χ4v) is 3.18. The highest BCUT2D eigenvalue weighted by atomic mass is 28.2. The lowest BCUT2D eigenvalue weighted by molar-refractivity contribution is -0.296. The molecule has 0 aliphatic heterocycles. The average Bonchev–Trinajstić information content (AvgIpc) is 2.83. The van der Waals surface area contributed by atoms with Gasteiger partial charge in [0.2, 0.25) is 9.92 Å². The number of hydrogen-bond acceptors (Lipinski definition) is 9. The molecule has 0 spiro atoms. The van der Waals surface area contributed by atoms with Gasteiger partial charge in [0, 0.05) is 6.61 Å². The second-order valence-corrected chi connectivity index (χ2v) is 8.62. The van der Waals surface area contributed by atoms with E-state index in [4.69, 9.17) is 24.0 Å². The summed E-state index contributed by atoms with van der Waals surface area (Å²) < 4.78 is 5.25. The maximum Gasteiger partial charge on any atom is 0.237 e. The zero-order valence-electron chi connectivity index (χ0n) is 22.0. The number of hydrogen-bond donors (Lipinski definition) is 2. The van der Waals surface area contributed by atoms with E-state index in [0.717, 1.165) is 39.0 Å². The van der Waals surface area contributed by atoms with E-state index in [1.54, 1.807) is 0 Å². The molecule has 0 aromatic heterocycles. The van der Waals surface area contributed by atoms with Crippen molar-refractivity contribution in [2.45, 2.75) is 91.4 Å². The van der Waals surface area contributed by atoms with Crippen LogP contribution >= 0.6 is 0 Å². The Balaban J connectivity index is 0. The molecule has 202 valence electrons. The minimum absolute atomic E-state index is 0.428. The van der Waals surface area contributed by atoms with Gasteiger partial charge in [-0.25, -0.2) is 29.3 Å². The fourth-order valence-electron chi connectivity index (χ4n) is 2.66. The van der Waals surface area contributed by atoms with E-state index >= 15 is 0 Å². The summed E-state index contributed by atoms with van der Waals surface area (Å²) in [5.74, 6) is 0. The predicted octanol–water partition coefficient (Wildman–Crippen LogP) is 3.95. The van der Waals surface area contributed by atoms with Crippen LogP contribution in [0.15, 0.2) is 0 Å². The van der Waals surface area contributed by atoms with Crippen molar-refractivity contribution >= 4 is 9.92 Å². The second kappa shape index (κ2) is 36.4. The predicted molar refractivity (Wildman–Crippen MR) is 135 cm³/mol. The Hall–Kier alpha value is -0.143. The van der Waals surface area contributed by atoms with E-state index in [9.17, 15) is 0 Å². The van der Waals surface area contributed by atoms with Crippen LogP contribution in [-0.4, -0.2) is 69.9 Å². The van der Waals surface area contributed by atoms with Gasteiger partial charge in [-0.15, -0.1) is 0 Å². The Morgan fingerprint density at radius 2 is 0.970 bits per heavy atom. The maximum atomic E-state index is 5.25. The van der Waals surface area contributed by atoms with E-state index in [-0.39, 0.29) is 0 Å². The molecule has 0 aromatic rings. The Morgan fingerprint density at radius 1 is 0.515 bits per heavy atom. The third-order valence-electron chi connectivity index (χ3n) is 4.41. The zero-order valence-corrected chi connectivity index (χ0v) is 23.4. The SMILES string of the molecule is CCOOCC.CCO[SiH2]NCOOCCCCCCCCCCOOCCCCCNC. The molecular formula is C23H54N2O7Si. The highest BCUT2D eigenvalue weighted by molar-refractivity contribution is 6.23. The summed E-state index contributed by atoms with van der Waals surface area (Å²) in [6.07, 6.45) is 13.2. The van der Waals surface area contributed by atoms with Gasteiger partial charge < -0.3 is 9.74 Å². The van der Waals surface area contributed by atoms with Gasteiger partial charge in [0.25, 0.3) is 0 Å². The largest absolute Gasteiger partial charge is 0.409 e. The van der Waals surface area contributed by atoms with Gasteiger partial charge in [-0.1, -0.05) is 38.5 Å². The number of nitrogens with one attached hydrogen (secondary N) is 2. The molecule has 2 N–H and O–H groups in total. The van der Waals surface area contributed by atoms with Crippen molar-refractivity contribution in [1.82, 2.24) is 10.3 Å². The summed E-state index contributed by atoms with van der Waals surface area (Å²) in [5, 5.41) is 3.14. The first kappa shape index (κ1) is 35.0. The molecule has 0 amide bonds. The van der Waals surface area contributed by atoms with Crippen LogP contribution in [-0.2, 0) is 33.8 Å². The molecule has 0 aliphatic rings. The fraction of sp³-hybridized carbons (Fsp3) is 1.00. The molecular weight excluding hydrogens is 444 g/mol. The lowest BCUT2D eigenvalue weighted by atomic mass is 10.1. The highest BCUT2D eigenvalue weighted by Gasteiger charge is 1.95. The summed E-state index contributed by atoms with van der Waals surface area (Å²) in [6, 6.07) is 0. The van der Waals surface area contributed by atoms with Crippen LogP contribution in [0.3, 0.4) is 0 Å². The lowest BCUT2D eigenvalue weighted by Crippen LogP contribution is -2.25. The normalized spacial score (nSPS) is 11.3. The van der Waals surface area contributed by atoms with Crippen LogP contribution in [0.5, 0.6) is 0 Å². The molecule has 0 fully saturated rings. The maximum absolute atomic E-state index is 5.25. The Kier molecular flexibility index (Phi) is 38.7. The molecule has 0 aliphatic carbocycles. The summed E-state index contributed by atoms with van der Waals surface area (Å²) in [4.78, 5) is 32.6. The van der Waals surface area contributed by atoms with E-state index < -0.39 is 9.92 Å². The number of unbranched alkanes of at least 4 members (excludes halogenated alkanes) is 9. The van der Waals surface area contributed by atoms with Crippen LogP contribution in [0.2, 0.25) is 0 Å². The first-order valence-electron chi connectivity index (χ1n) is 13.0. The van der Waals surface area contributed by atoms with Gasteiger partial charge in [0.15, 0.2) is 0 Å². The standard InChI is InChI=1S/C19H44N2O5Si.C4H10O2/c1-3-26-27-21-19-25-24-18-13-9-7-5-4-6-8-12-16-22-23-17-14-10-11-15-20-2;1-3-5-6-4-2/h20-21H,3-19,27H2,1-2H3;3-4H2,1-2H3.